The Hall–Kier alpha value is -4.59. The molecule has 1 aromatic heterocycles. The predicted molar refractivity (Wildman–Crippen MR) is 133 cm³/mol. The summed E-state index contributed by atoms with van der Waals surface area (Å²) in [5, 5.41) is 3.65. The molecule has 3 amide bonds. The van der Waals surface area contributed by atoms with E-state index < -0.39 is 11.8 Å². The molecular formula is C27H26N4O4. The summed E-state index contributed by atoms with van der Waals surface area (Å²) < 4.78 is 5.83. The molecule has 4 aromatic rings. The Labute approximate surface area is 202 Å². The Morgan fingerprint density at radius 2 is 1.49 bits per heavy atom. The molecule has 0 fully saturated rings. The number of rotatable bonds is 8. The number of fused-ring (bicyclic) bond motifs is 1. The van der Waals surface area contributed by atoms with E-state index in [2.05, 4.69) is 21.2 Å². The second-order valence-corrected chi connectivity index (χ2v) is 8.05. The van der Waals surface area contributed by atoms with Crippen LogP contribution in [-0.2, 0) is 9.59 Å². The van der Waals surface area contributed by atoms with E-state index in [0.717, 1.165) is 16.5 Å². The average molecular weight is 471 g/mol. The zero-order chi connectivity index (χ0) is 24.6. The van der Waals surface area contributed by atoms with Gasteiger partial charge in [-0.05, 0) is 48.9 Å². The number of H-pyrrole nitrogens is 1. The van der Waals surface area contributed by atoms with Gasteiger partial charge >= 0.3 is 0 Å². The Bertz CT molecular complexity index is 1320. The molecule has 4 rings (SSSR count). The van der Waals surface area contributed by atoms with Gasteiger partial charge in [-0.1, -0.05) is 48.5 Å². The number of carbonyl (C=O) groups excluding carboxylic acids is 3. The van der Waals surface area contributed by atoms with Crippen LogP contribution in [0.25, 0.3) is 10.9 Å². The molecule has 0 saturated heterocycles. The topological polar surface area (TPSA) is 112 Å². The number of hydrogen-bond acceptors (Lipinski definition) is 4. The Balaban J connectivity index is 1.25. The van der Waals surface area contributed by atoms with Crippen LogP contribution in [0.15, 0.2) is 84.9 Å². The van der Waals surface area contributed by atoms with E-state index in [1.807, 2.05) is 79.7 Å². The summed E-state index contributed by atoms with van der Waals surface area (Å²) in [5.41, 5.74) is 6.74. The van der Waals surface area contributed by atoms with Gasteiger partial charge in [-0.2, -0.15) is 0 Å². The molecule has 0 aliphatic rings. The van der Waals surface area contributed by atoms with Gasteiger partial charge in [0.2, 0.25) is 11.8 Å². The molecule has 4 N–H and O–H groups in total. The molecule has 178 valence electrons. The smallest absolute Gasteiger partial charge is 0.286 e. The van der Waals surface area contributed by atoms with Crippen LogP contribution >= 0.6 is 0 Å². The largest absolute Gasteiger partial charge is 0.457 e. The fourth-order valence-electron chi connectivity index (χ4n) is 3.54. The summed E-state index contributed by atoms with van der Waals surface area (Å²) in [5.74, 6) is 0.152. The number of aromatic nitrogens is 1. The summed E-state index contributed by atoms with van der Waals surface area (Å²) in [6, 6.07) is 25.9. The molecule has 1 heterocycles. The van der Waals surface area contributed by atoms with Crippen LogP contribution in [0.4, 0.5) is 0 Å². The lowest BCUT2D eigenvalue weighted by Crippen LogP contribution is -2.42. The maximum absolute atomic E-state index is 12.5. The molecule has 0 saturated carbocycles. The number of nitrogens with one attached hydrogen (secondary N) is 4. The minimum Gasteiger partial charge on any atom is -0.457 e. The first kappa shape index (κ1) is 23.6. The summed E-state index contributed by atoms with van der Waals surface area (Å²) in [7, 11) is 0. The van der Waals surface area contributed by atoms with Crippen molar-refractivity contribution in [1.82, 2.24) is 21.2 Å². The Morgan fingerprint density at radius 1 is 0.800 bits per heavy atom. The number of para-hydroxylation sites is 1. The number of aromatic amines is 1. The second kappa shape index (κ2) is 11.0. The third-order valence-electron chi connectivity index (χ3n) is 5.39. The van der Waals surface area contributed by atoms with Gasteiger partial charge in [-0.3, -0.25) is 25.2 Å². The van der Waals surface area contributed by atoms with E-state index in [0.29, 0.717) is 11.5 Å². The van der Waals surface area contributed by atoms with Crippen LogP contribution in [0.3, 0.4) is 0 Å². The predicted octanol–water partition coefficient (Wildman–Crippen LogP) is 4.38. The summed E-state index contributed by atoms with van der Waals surface area (Å²) in [4.78, 5) is 39.7. The van der Waals surface area contributed by atoms with Crippen molar-refractivity contribution in [2.75, 3.05) is 0 Å². The summed E-state index contributed by atoms with van der Waals surface area (Å²) in [6.07, 6.45) is -0.0457. The van der Waals surface area contributed by atoms with E-state index in [1.165, 1.54) is 0 Å². The molecule has 3 aromatic carbocycles. The maximum Gasteiger partial charge on any atom is 0.286 e. The number of amides is 3. The van der Waals surface area contributed by atoms with Gasteiger partial charge in [-0.25, -0.2) is 0 Å². The van der Waals surface area contributed by atoms with Crippen LogP contribution in [-0.4, -0.2) is 22.7 Å². The normalized spacial score (nSPS) is 11.5. The number of hydrogen-bond donors (Lipinski definition) is 4. The molecule has 0 radical (unpaired) electrons. The number of carbonyl (C=O) groups is 3. The Morgan fingerprint density at radius 3 is 2.23 bits per heavy atom. The fraction of sp³-hybridized carbons (Fsp3) is 0.148. The maximum atomic E-state index is 12.5. The minimum atomic E-state index is -0.498. The number of benzene rings is 3. The molecular weight excluding hydrogens is 444 g/mol. The first-order valence-electron chi connectivity index (χ1n) is 11.3. The van der Waals surface area contributed by atoms with Gasteiger partial charge < -0.3 is 15.0 Å². The quantitative estimate of drug-likeness (QED) is 0.286. The van der Waals surface area contributed by atoms with E-state index in [9.17, 15) is 14.4 Å². The van der Waals surface area contributed by atoms with E-state index >= 15 is 0 Å². The van der Waals surface area contributed by atoms with E-state index in [4.69, 9.17) is 4.74 Å². The van der Waals surface area contributed by atoms with Crippen LogP contribution in [0, 0.1) is 0 Å². The van der Waals surface area contributed by atoms with Gasteiger partial charge in [0.25, 0.3) is 5.91 Å². The number of ether oxygens (including phenoxy) is 1. The zero-order valence-electron chi connectivity index (χ0n) is 19.2. The van der Waals surface area contributed by atoms with Crippen LogP contribution < -0.4 is 20.9 Å². The Kier molecular flexibility index (Phi) is 7.42. The average Bonchev–Trinajstić information content (AvgIpc) is 3.31. The van der Waals surface area contributed by atoms with Crippen molar-refractivity contribution in [3.8, 4) is 11.5 Å². The van der Waals surface area contributed by atoms with Gasteiger partial charge in [0.1, 0.15) is 17.2 Å². The molecule has 1 unspecified atom stereocenters. The standard InChI is InChI=1S/C27H26N4O4/c1-18(19-8-4-2-5-9-19)28-25(32)14-15-26(33)30-31-27(34)24-17-20-16-22(12-13-23(20)29-24)35-21-10-6-3-7-11-21/h2-13,16-18,29H,14-15H2,1H3,(H,28,32)(H,30,33)(H,31,34). The van der Waals surface area contributed by atoms with E-state index in [1.54, 1.807) is 12.1 Å². The first-order chi connectivity index (χ1) is 17.0. The molecule has 35 heavy (non-hydrogen) atoms. The fourth-order valence-corrected chi connectivity index (χ4v) is 3.54. The SMILES string of the molecule is CC(NC(=O)CCC(=O)NNC(=O)c1cc2cc(Oc3ccccc3)ccc2[nH]1)c1ccccc1. The van der Waals surface area contributed by atoms with Crippen molar-refractivity contribution in [2.24, 2.45) is 0 Å². The molecule has 8 heteroatoms. The van der Waals surface area contributed by atoms with Gasteiger partial charge in [0.05, 0.1) is 6.04 Å². The van der Waals surface area contributed by atoms with Crippen LogP contribution in [0.2, 0.25) is 0 Å². The first-order valence-corrected chi connectivity index (χ1v) is 11.3. The molecule has 0 aliphatic heterocycles. The summed E-state index contributed by atoms with van der Waals surface area (Å²) in [6.45, 7) is 1.88. The number of hydrazine groups is 1. The third-order valence-corrected chi connectivity index (χ3v) is 5.39. The lowest BCUT2D eigenvalue weighted by Gasteiger charge is -2.14. The van der Waals surface area contributed by atoms with Crippen LogP contribution in [0.1, 0.15) is 41.9 Å². The second-order valence-electron chi connectivity index (χ2n) is 8.05. The van der Waals surface area contributed by atoms with Crippen molar-refractivity contribution >= 4 is 28.6 Å². The zero-order valence-corrected chi connectivity index (χ0v) is 19.2. The molecule has 8 nitrogen and oxygen atoms in total. The monoisotopic (exact) mass is 470 g/mol. The molecule has 0 aliphatic carbocycles. The van der Waals surface area contributed by atoms with Gasteiger partial charge in [-0.15, -0.1) is 0 Å². The van der Waals surface area contributed by atoms with E-state index in [-0.39, 0.29) is 30.5 Å². The highest BCUT2D eigenvalue weighted by Gasteiger charge is 2.14. The highest BCUT2D eigenvalue weighted by molar-refractivity contribution is 5.99. The molecule has 0 bridgehead atoms. The van der Waals surface area contributed by atoms with Crippen LogP contribution in [0.5, 0.6) is 11.5 Å². The van der Waals surface area contributed by atoms with Crippen molar-refractivity contribution in [3.63, 3.8) is 0 Å². The van der Waals surface area contributed by atoms with Gasteiger partial charge in [0, 0.05) is 23.7 Å². The highest BCUT2D eigenvalue weighted by Crippen LogP contribution is 2.26. The van der Waals surface area contributed by atoms with Crippen molar-refractivity contribution in [1.29, 1.82) is 0 Å². The summed E-state index contributed by atoms with van der Waals surface area (Å²) >= 11 is 0. The lowest BCUT2D eigenvalue weighted by molar-refractivity contribution is -0.127. The lowest BCUT2D eigenvalue weighted by atomic mass is 10.1. The minimum absolute atomic E-state index is 0.00938. The third kappa shape index (κ3) is 6.48. The van der Waals surface area contributed by atoms with Crippen molar-refractivity contribution in [2.45, 2.75) is 25.8 Å². The van der Waals surface area contributed by atoms with Gasteiger partial charge in [0.15, 0.2) is 0 Å². The van der Waals surface area contributed by atoms with Crippen molar-refractivity contribution in [3.05, 3.63) is 96.2 Å². The highest BCUT2D eigenvalue weighted by atomic mass is 16.5. The van der Waals surface area contributed by atoms with Crippen molar-refractivity contribution < 1.29 is 19.1 Å². The molecule has 1 atom stereocenters. The molecule has 0 spiro atoms.